The molecule has 0 bridgehead atoms. The second kappa shape index (κ2) is 5.52. The van der Waals surface area contributed by atoms with Gasteiger partial charge in [-0.15, -0.1) is 0 Å². The molecular weight excluding hydrogens is 252 g/mol. The minimum absolute atomic E-state index is 0.0387. The summed E-state index contributed by atoms with van der Waals surface area (Å²) in [6, 6.07) is 13.6. The number of aromatic amines is 1. The van der Waals surface area contributed by atoms with Gasteiger partial charge in [-0.1, -0.05) is 30.3 Å². The van der Waals surface area contributed by atoms with Crippen molar-refractivity contribution in [2.24, 2.45) is 0 Å². The first-order chi connectivity index (χ1) is 9.83. The molecule has 2 N–H and O–H groups in total. The van der Waals surface area contributed by atoms with E-state index in [1.807, 2.05) is 42.5 Å². The Morgan fingerprint density at radius 2 is 2.00 bits per heavy atom. The number of nitrogens with one attached hydrogen (secondary N) is 2. The fraction of sp³-hybridized carbons (Fsp3) is 0.133. The second-order valence-electron chi connectivity index (χ2n) is 4.51. The highest BCUT2D eigenvalue weighted by Gasteiger charge is 2.09. The van der Waals surface area contributed by atoms with Crippen molar-refractivity contribution in [1.29, 1.82) is 0 Å². The number of aromatic nitrogens is 3. The third-order valence-electron chi connectivity index (χ3n) is 3.08. The molecule has 0 radical (unpaired) electrons. The molecule has 100 valence electrons. The molecule has 0 fully saturated rings. The Morgan fingerprint density at radius 1 is 1.15 bits per heavy atom. The summed E-state index contributed by atoms with van der Waals surface area (Å²) in [4.78, 5) is 16.1. The van der Waals surface area contributed by atoms with Crippen LogP contribution in [0.2, 0.25) is 0 Å². The molecule has 1 aromatic carbocycles. The summed E-state index contributed by atoms with van der Waals surface area (Å²) in [5, 5.41) is 10.5. The number of amides is 1. The first kappa shape index (κ1) is 12.3. The minimum Gasteiger partial charge on any atom is -0.311 e. The SMILES string of the molecule is O=C(CCc1ccccc1)Nc1[nH]nc2ncccc12. The van der Waals surface area contributed by atoms with E-state index in [2.05, 4.69) is 20.5 Å². The Balaban J connectivity index is 1.64. The summed E-state index contributed by atoms with van der Waals surface area (Å²) in [6.07, 6.45) is 2.83. The van der Waals surface area contributed by atoms with Gasteiger partial charge in [0.25, 0.3) is 0 Å². The van der Waals surface area contributed by atoms with Crippen LogP contribution >= 0.6 is 0 Å². The minimum atomic E-state index is -0.0387. The van der Waals surface area contributed by atoms with E-state index in [4.69, 9.17) is 0 Å². The summed E-state index contributed by atoms with van der Waals surface area (Å²) in [5.41, 5.74) is 1.75. The van der Waals surface area contributed by atoms with Gasteiger partial charge < -0.3 is 5.32 Å². The van der Waals surface area contributed by atoms with Crippen molar-refractivity contribution in [3.8, 4) is 0 Å². The maximum absolute atomic E-state index is 11.9. The van der Waals surface area contributed by atoms with Gasteiger partial charge in [0.15, 0.2) is 5.65 Å². The van der Waals surface area contributed by atoms with Gasteiger partial charge in [0.05, 0.1) is 5.39 Å². The van der Waals surface area contributed by atoms with Gasteiger partial charge in [-0.05, 0) is 24.1 Å². The van der Waals surface area contributed by atoms with E-state index >= 15 is 0 Å². The molecule has 1 amide bonds. The van der Waals surface area contributed by atoms with E-state index in [9.17, 15) is 4.79 Å². The predicted octanol–water partition coefficient (Wildman–Crippen LogP) is 2.53. The quantitative estimate of drug-likeness (QED) is 0.762. The van der Waals surface area contributed by atoms with E-state index in [0.717, 1.165) is 17.4 Å². The summed E-state index contributed by atoms with van der Waals surface area (Å²) >= 11 is 0. The van der Waals surface area contributed by atoms with Crippen molar-refractivity contribution in [3.63, 3.8) is 0 Å². The molecule has 3 rings (SSSR count). The Kier molecular flexibility index (Phi) is 3.41. The number of rotatable bonds is 4. The number of carbonyl (C=O) groups is 1. The first-order valence-electron chi connectivity index (χ1n) is 6.46. The molecule has 20 heavy (non-hydrogen) atoms. The zero-order valence-electron chi connectivity index (χ0n) is 10.8. The van der Waals surface area contributed by atoms with Crippen LogP contribution in [0.1, 0.15) is 12.0 Å². The Bertz CT molecular complexity index is 721. The second-order valence-corrected chi connectivity index (χ2v) is 4.51. The lowest BCUT2D eigenvalue weighted by atomic mass is 10.1. The van der Waals surface area contributed by atoms with E-state index in [1.54, 1.807) is 6.20 Å². The number of nitrogens with zero attached hydrogens (tertiary/aromatic N) is 2. The van der Waals surface area contributed by atoms with Crippen molar-refractivity contribution in [1.82, 2.24) is 15.2 Å². The van der Waals surface area contributed by atoms with Gasteiger partial charge in [0, 0.05) is 12.6 Å². The average Bonchev–Trinajstić information content (AvgIpc) is 2.90. The number of fused-ring (bicyclic) bond motifs is 1. The molecule has 0 unspecified atom stereocenters. The van der Waals surface area contributed by atoms with Gasteiger partial charge in [-0.25, -0.2) is 4.98 Å². The third kappa shape index (κ3) is 2.66. The molecule has 0 saturated carbocycles. The number of benzene rings is 1. The largest absolute Gasteiger partial charge is 0.311 e. The highest BCUT2D eigenvalue weighted by Crippen LogP contribution is 2.17. The lowest BCUT2D eigenvalue weighted by Crippen LogP contribution is -2.12. The summed E-state index contributed by atoms with van der Waals surface area (Å²) in [7, 11) is 0. The zero-order chi connectivity index (χ0) is 13.8. The van der Waals surface area contributed by atoms with Gasteiger partial charge in [-0.3, -0.25) is 9.89 Å². The summed E-state index contributed by atoms with van der Waals surface area (Å²) < 4.78 is 0. The molecular formula is C15H14N4O. The van der Waals surface area contributed by atoms with Gasteiger partial charge in [0.1, 0.15) is 5.82 Å². The van der Waals surface area contributed by atoms with Crippen molar-refractivity contribution in [2.75, 3.05) is 5.32 Å². The standard InChI is InChI=1S/C15H14N4O/c20-13(9-8-11-5-2-1-3-6-11)17-15-12-7-4-10-16-14(12)18-19-15/h1-7,10H,8-9H2,(H2,16,17,18,19,20). The lowest BCUT2D eigenvalue weighted by Gasteiger charge is -2.03. The Labute approximate surface area is 116 Å². The molecule has 3 aromatic rings. The molecule has 5 heteroatoms. The average molecular weight is 266 g/mol. The number of hydrogen-bond donors (Lipinski definition) is 2. The number of carbonyl (C=O) groups excluding carboxylic acids is 1. The maximum atomic E-state index is 11.9. The normalized spacial score (nSPS) is 10.6. The van der Waals surface area contributed by atoms with Gasteiger partial charge >= 0.3 is 0 Å². The highest BCUT2D eigenvalue weighted by atomic mass is 16.1. The van der Waals surface area contributed by atoms with Crippen molar-refractivity contribution < 1.29 is 4.79 Å². The summed E-state index contributed by atoms with van der Waals surface area (Å²) in [5.74, 6) is 0.564. The van der Waals surface area contributed by atoms with Crippen LogP contribution in [0.5, 0.6) is 0 Å². The van der Waals surface area contributed by atoms with Crippen LogP contribution in [0.15, 0.2) is 48.7 Å². The Morgan fingerprint density at radius 3 is 2.85 bits per heavy atom. The van der Waals surface area contributed by atoms with Gasteiger partial charge in [0.2, 0.25) is 5.91 Å². The van der Waals surface area contributed by atoms with Gasteiger partial charge in [-0.2, -0.15) is 5.10 Å². The zero-order valence-corrected chi connectivity index (χ0v) is 10.8. The van der Waals surface area contributed by atoms with E-state index in [0.29, 0.717) is 17.9 Å². The van der Waals surface area contributed by atoms with Crippen molar-refractivity contribution in [2.45, 2.75) is 12.8 Å². The van der Waals surface area contributed by atoms with E-state index in [1.165, 1.54) is 0 Å². The fourth-order valence-electron chi connectivity index (χ4n) is 2.05. The van der Waals surface area contributed by atoms with Crippen molar-refractivity contribution in [3.05, 3.63) is 54.2 Å². The van der Waals surface area contributed by atoms with Crippen LogP contribution in [-0.4, -0.2) is 21.1 Å². The van der Waals surface area contributed by atoms with Crippen LogP contribution in [0.25, 0.3) is 11.0 Å². The molecule has 2 aromatic heterocycles. The van der Waals surface area contributed by atoms with Crippen LogP contribution in [-0.2, 0) is 11.2 Å². The smallest absolute Gasteiger partial charge is 0.225 e. The predicted molar refractivity (Wildman–Crippen MR) is 77.3 cm³/mol. The highest BCUT2D eigenvalue weighted by molar-refractivity contribution is 5.98. The van der Waals surface area contributed by atoms with Crippen LogP contribution in [0, 0.1) is 0 Å². The molecule has 0 atom stereocenters. The van der Waals surface area contributed by atoms with E-state index < -0.39 is 0 Å². The number of hydrogen-bond acceptors (Lipinski definition) is 3. The molecule has 2 heterocycles. The molecule has 0 aliphatic carbocycles. The number of aryl methyl sites for hydroxylation is 1. The number of H-pyrrole nitrogens is 1. The van der Waals surface area contributed by atoms with Crippen molar-refractivity contribution >= 4 is 22.8 Å². The van der Waals surface area contributed by atoms with Crippen LogP contribution in [0.3, 0.4) is 0 Å². The summed E-state index contributed by atoms with van der Waals surface area (Å²) in [6.45, 7) is 0. The number of anilines is 1. The fourth-order valence-corrected chi connectivity index (χ4v) is 2.05. The first-order valence-corrected chi connectivity index (χ1v) is 6.46. The number of pyridine rings is 1. The monoisotopic (exact) mass is 266 g/mol. The molecule has 0 aliphatic rings. The molecule has 5 nitrogen and oxygen atoms in total. The third-order valence-corrected chi connectivity index (χ3v) is 3.08. The van der Waals surface area contributed by atoms with E-state index in [-0.39, 0.29) is 5.91 Å². The maximum Gasteiger partial charge on any atom is 0.225 e. The topological polar surface area (TPSA) is 70.7 Å². The lowest BCUT2D eigenvalue weighted by molar-refractivity contribution is -0.116. The Hall–Kier alpha value is -2.69. The van der Waals surface area contributed by atoms with Crippen LogP contribution in [0.4, 0.5) is 5.82 Å². The van der Waals surface area contributed by atoms with Crippen LogP contribution < -0.4 is 5.32 Å². The molecule has 0 spiro atoms. The molecule has 0 aliphatic heterocycles. The molecule has 0 saturated heterocycles.